The zero-order valence-electron chi connectivity index (χ0n) is 33.1. The van der Waals surface area contributed by atoms with Crippen LogP contribution in [0.25, 0.3) is 94.2 Å². The zero-order valence-corrected chi connectivity index (χ0v) is 34.0. The van der Waals surface area contributed by atoms with Gasteiger partial charge in [-0.25, -0.2) is 4.98 Å². The largest absolute Gasteiger partial charge is 0.309 e. The van der Waals surface area contributed by atoms with E-state index in [1.807, 2.05) is 48.5 Å². The van der Waals surface area contributed by atoms with E-state index in [9.17, 15) is 0 Å². The Labute approximate surface area is 354 Å². The van der Waals surface area contributed by atoms with Crippen LogP contribution in [-0.4, -0.2) is 9.55 Å². The minimum Gasteiger partial charge on any atom is -0.309 e. The lowest BCUT2D eigenvalue weighted by molar-refractivity contribution is 0.593. The summed E-state index contributed by atoms with van der Waals surface area (Å²) >= 11 is 0. The Morgan fingerprint density at radius 1 is 0.410 bits per heavy atom. The molecule has 0 saturated carbocycles. The van der Waals surface area contributed by atoms with Gasteiger partial charge in [-0.3, -0.25) is 0 Å². The molecule has 9 aromatic carbocycles. The van der Waals surface area contributed by atoms with Crippen molar-refractivity contribution in [1.29, 1.82) is 0 Å². The monoisotopic (exact) mass is 796 g/mol. The van der Waals surface area contributed by atoms with Crippen molar-refractivity contribution in [2.75, 3.05) is 0 Å². The molecule has 0 aliphatic carbocycles. The second-order valence-corrected chi connectivity index (χ2v) is 18.5. The molecule has 2 aromatic heterocycles. The summed E-state index contributed by atoms with van der Waals surface area (Å²) in [6, 6.07) is 78.7. The average Bonchev–Trinajstić information content (AvgIpc) is 3.82. The van der Waals surface area contributed by atoms with E-state index in [2.05, 4.69) is 180 Å². The van der Waals surface area contributed by atoms with Gasteiger partial charge < -0.3 is 9.13 Å². The van der Waals surface area contributed by atoms with Gasteiger partial charge in [0, 0.05) is 43.2 Å². The Morgan fingerprint density at radius 2 is 0.934 bits per heavy atom. The van der Waals surface area contributed by atoms with E-state index in [-0.39, 0.29) is 0 Å². The van der Waals surface area contributed by atoms with Gasteiger partial charge in [-0.15, -0.1) is 0 Å². The first-order valence-corrected chi connectivity index (χ1v) is 22.4. The third-order valence-corrected chi connectivity index (χ3v) is 15.6. The van der Waals surface area contributed by atoms with Crippen LogP contribution in [0.4, 0.5) is 0 Å². The van der Waals surface area contributed by atoms with Gasteiger partial charge in [0.05, 0.1) is 28.1 Å². The number of pyridine rings is 1. The van der Waals surface area contributed by atoms with Crippen molar-refractivity contribution in [3.63, 3.8) is 0 Å². The van der Waals surface area contributed by atoms with Crippen molar-refractivity contribution in [3.8, 4) is 61.6 Å². The fourth-order valence-electron chi connectivity index (χ4n) is 9.53. The number of nitrogens with zero attached hydrogens (tertiary/aromatic N) is 2. The number of aromatic nitrogens is 2. The van der Waals surface area contributed by atoms with Crippen LogP contribution in [0.1, 0.15) is 0 Å². The van der Waals surface area contributed by atoms with Crippen molar-refractivity contribution in [2.24, 2.45) is 0 Å². The molecule has 0 saturated heterocycles. The molecule has 11 aromatic rings. The van der Waals surface area contributed by atoms with E-state index in [1.54, 1.807) is 0 Å². The summed E-state index contributed by atoms with van der Waals surface area (Å²) in [6.07, 6.45) is 0. The highest BCUT2D eigenvalue weighted by atomic mass is 31.2. The number of hydrogen-bond donors (Lipinski definition) is 0. The standard InChI is InChI=1S/C57H37N2OP/c60-61(46-19-8-3-9-20-46)54-23-13-12-22-48(54)49-34-35-53-55(57(49)61)50-33-32-42-18-10-11-21-47(42)56(50)59(53)45-36-51(43-28-24-40(25-29-43)38-14-4-1-5-15-38)58-52(37-45)44-30-26-41(27-31-44)39-16-6-2-7-17-39/h1-37H. The third-order valence-electron chi connectivity index (χ3n) is 12.4. The maximum Gasteiger partial charge on any atom is 0.172 e. The quantitative estimate of drug-likeness (QED) is 0.157. The van der Waals surface area contributed by atoms with Gasteiger partial charge in [-0.1, -0.05) is 206 Å². The summed E-state index contributed by atoms with van der Waals surface area (Å²) in [5, 5.41) is 7.05. The predicted octanol–water partition coefficient (Wildman–Crippen LogP) is 13.6. The van der Waals surface area contributed by atoms with Crippen molar-refractivity contribution in [1.82, 2.24) is 9.55 Å². The molecule has 4 heteroatoms. The molecule has 61 heavy (non-hydrogen) atoms. The molecule has 3 heterocycles. The SMILES string of the molecule is O=P1(c2ccccc2)c2ccccc2-c2ccc3c(c21)c1ccc2ccccc2c1n3-c1cc(-c2ccc(-c3ccccc3)cc2)nc(-c2ccc(-c3ccccc3)cc2)c1. The lowest BCUT2D eigenvalue weighted by Crippen LogP contribution is -2.21. The average molecular weight is 797 g/mol. The molecule has 12 rings (SSSR count). The summed E-state index contributed by atoms with van der Waals surface area (Å²) in [6.45, 7) is 0. The minimum absolute atomic E-state index is 0.849. The maximum absolute atomic E-state index is 16.2. The highest BCUT2D eigenvalue weighted by molar-refractivity contribution is 7.86. The first kappa shape index (κ1) is 35.4. The molecule has 0 spiro atoms. The molecule has 0 N–H and O–H groups in total. The number of hydrogen-bond acceptors (Lipinski definition) is 2. The molecule has 0 bridgehead atoms. The Balaban J connectivity index is 1.15. The lowest BCUT2D eigenvalue weighted by Gasteiger charge is -2.17. The van der Waals surface area contributed by atoms with Crippen molar-refractivity contribution >= 4 is 55.6 Å². The smallest absolute Gasteiger partial charge is 0.172 e. The van der Waals surface area contributed by atoms with Gasteiger partial charge in [-0.2, -0.15) is 0 Å². The molecule has 1 unspecified atom stereocenters. The first-order valence-electron chi connectivity index (χ1n) is 20.7. The van der Waals surface area contributed by atoms with Gasteiger partial charge in [0.25, 0.3) is 0 Å². The van der Waals surface area contributed by atoms with Gasteiger partial charge in [0.2, 0.25) is 0 Å². The molecule has 1 aliphatic heterocycles. The second-order valence-electron chi connectivity index (χ2n) is 15.8. The topological polar surface area (TPSA) is 34.9 Å². The molecular weight excluding hydrogens is 760 g/mol. The van der Waals surface area contributed by atoms with Gasteiger partial charge in [0.1, 0.15) is 0 Å². The number of rotatable bonds is 6. The van der Waals surface area contributed by atoms with Crippen LogP contribution >= 0.6 is 7.14 Å². The van der Waals surface area contributed by atoms with Crippen LogP contribution in [0.3, 0.4) is 0 Å². The van der Waals surface area contributed by atoms with E-state index >= 15 is 4.57 Å². The molecule has 1 atom stereocenters. The fourth-order valence-corrected chi connectivity index (χ4v) is 12.8. The molecular formula is C57H37N2OP. The van der Waals surface area contributed by atoms with Crippen LogP contribution in [0.15, 0.2) is 224 Å². The highest BCUT2D eigenvalue weighted by Crippen LogP contribution is 2.55. The molecule has 3 nitrogen and oxygen atoms in total. The van der Waals surface area contributed by atoms with E-state index < -0.39 is 7.14 Å². The number of benzene rings is 9. The summed E-state index contributed by atoms with van der Waals surface area (Å²) < 4.78 is 18.6. The zero-order chi connectivity index (χ0) is 40.5. The van der Waals surface area contributed by atoms with Gasteiger partial charge in [0.15, 0.2) is 7.14 Å². The fraction of sp³-hybridized carbons (Fsp3) is 0. The minimum atomic E-state index is -3.29. The van der Waals surface area contributed by atoms with Crippen LogP contribution in [0.2, 0.25) is 0 Å². The highest BCUT2D eigenvalue weighted by Gasteiger charge is 2.42. The second kappa shape index (κ2) is 14.0. The van der Waals surface area contributed by atoms with Crippen molar-refractivity contribution in [3.05, 3.63) is 224 Å². The Kier molecular flexibility index (Phi) is 8.13. The summed E-state index contributed by atoms with van der Waals surface area (Å²) in [4.78, 5) is 5.40. The molecule has 1 aliphatic rings. The van der Waals surface area contributed by atoms with Crippen molar-refractivity contribution < 1.29 is 4.57 Å². The first-order chi connectivity index (χ1) is 30.1. The third kappa shape index (κ3) is 5.59. The molecule has 286 valence electrons. The van der Waals surface area contributed by atoms with Crippen LogP contribution in [-0.2, 0) is 4.57 Å². The Morgan fingerprint density at radius 3 is 1.57 bits per heavy atom. The lowest BCUT2D eigenvalue weighted by atomic mass is 10.0. The van der Waals surface area contributed by atoms with E-state index in [1.165, 1.54) is 11.1 Å². The molecule has 0 radical (unpaired) electrons. The summed E-state index contributed by atoms with van der Waals surface area (Å²) in [5.74, 6) is 0. The van der Waals surface area contributed by atoms with Gasteiger partial charge >= 0.3 is 0 Å². The van der Waals surface area contributed by atoms with Crippen LogP contribution in [0.5, 0.6) is 0 Å². The Bertz CT molecular complexity index is 3420. The number of fused-ring (bicyclic) bond motifs is 9. The van der Waals surface area contributed by atoms with Crippen LogP contribution < -0.4 is 15.9 Å². The summed E-state index contributed by atoms with van der Waals surface area (Å²) in [7, 11) is -3.29. The van der Waals surface area contributed by atoms with E-state index in [4.69, 9.17) is 4.98 Å². The van der Waals surface area contributed by atoms with E-state index in [0.717, 1.165) is 98.9 Å². The van der Waals surface area contributed by atoms with E-state index in [0.29, 0.717) is 0 Å². The van der Waals surface area contributed by atoms with Crippen LogP contribution in [0, 0.1) is 0 Å². The van der Waals surface area contributed by atoms with Crippen molar-refractivity contribution in [2.45, 2.75) is 0 Å². The normalized spacial score (nSPS) is 14.4. The maximum atomic E-state index is 16.2. The van der Waals surface area contributed by atoms with Gasteiger partial charge in [-0.05, 0) is 57.0 Å². The molecule has 0 amide bonds. The Hall–Kier alpha value is -7.58. The predicted molar refractivity (Wildman–Crippen MR) is 256 cm³/mol. The molecule has 0 fully saturated rings. The summed E-state index contributed by atoms with van der Waals surface area (Å²) in [5.41, 5.74) is 13.6.